The second-order valence-corrected chi connectivity index (χ2v) is 8.14. The molecule has 0 fully saturated rings. The van der Waals surface area contributed by atoms with Crippen LogP contribution in [0.5, 0.6) is 0 Å². The van der Waals surface area contributed by atoms with Crippen molar-refractivity contribution in [1.29, 1.82) is 0 Å². The maximum absolute atomic E-state index is 12.2. The van der Waals surface area contributed by atoms with Gasteiger partial charge in [0, 0.05) is 10.4 Å². The first-order valence-electron chi connectivity index (χ1n) is 9.60. The molecule has 8 nitrogen and oxygen atoms in total. The van der Waals surface area contributed by atoms with Crippen molar-refractivity contribution < 1.29 is 23.9 Å². The Hall–Kier alpha value is -3.20. The molecule has 1 aromatic heterocycles. The van der Waals surface area contributed by atoms with Crippen molar-refractivity contribution in [2.24, 2.45) is 5.73 Å². The molecule has 1 aliphatic carbocycles. The predicted molar refractivity (Wildman–Crippen MR) is 113 cm³/mol. The van der Waals surface area contributed by atoms with Crippen LogP contribution in [-0.4, -0.2) is 36.8 Å². The van der Waals surface area contributed by atoms with Gasteiger partial charge in [-0.05, 0) is 50.3 Å². The number of benzene rings is 1. The van der Waals surface area contributed by atoms with E-state index in [0.29, 0.717) is 16.1 Å². The van der Waals surface area contributed by atoms with Crippen molar-refractivity contribution in [3.63, 3.8) is 0 Å². The maximum Gasteiger partial charge on any atom is 0.325 e. The highest BCUT2D eigenvalue weighted by molar-refractivity contribution is 7.17. The summed E-state index contributed by atoms with van der Waals surface area (Å²) in [5.74, 6) is -2.31. The summed E-state index contributed by atoms with van der Waals surface area (Å²) in [4.78, 5) is 48.9. The molecule has 0 radical (unpaired) electrons. The summed E-state index contributed by atoms with van der Waals surface area (Å²) in [6, 6.07) is 6.89. The molecule has 1 aliphatic rings. The standard InChI is InChI=1S/C21H23N3O5S/c1-12-6-8-13(9-7-12)20(28)23-10-17(26)29-11-16(25)24-21-18(19(22)27)14-4-2-3-5-15(14)30-21/h6-9H,2-5,10-11H2,1H3,(H2,22,27)(H,23,28)(H,24,25). The van der Waals surface area contributed by atoms with Crippen LogP contribution in [0.25, 0.3) is 0 Å². The van der Waals surface area contributed by atoms with E-state index < -0.39 is 30.3 Å². The number of primary amides is 1. The van der Waals surface area contributed by atoms with Crippen LogP contribution in [0, 0.1) is 6.92 Å². The van der Waals surface area contributed by atoms with E-state index in [-0.39, 0.29) is 6.54 Å². The molecule has 3 rings (SSSR count). The Bertz CT molecular complexity index is 981. The fourth-order valence-electron chi connectivity index (χ4n) is 3.23. The van der Waals surface area contributed by atoms with Crippen molar-refractivity contribution in [2.45, 2.75) is 32.6 Å². The summed E-state index contributed by atoms with van der Waals surface area (Å²) in [5.41, 5.74) is 8.19. The first-order chi connectivity index (χ1) is 14.3. The molecule has 0 spiro atoms. The lowest BCUT2D eigenvalue weighted by Crippen LogP contribution is -2.32. The van der Waals surface area contributed by atoms with Gasteiger partial charge >= 0.3 is 5.97 Å². The molecule has 0 unspecified atom stereocenters. The summed E-state index contributed by atoms with van der Waals surface area (Å²) in [6.45, 7) is 1.02. The number of esters is 1. The number of aryl methyl sites for hydroxylation is 2. The number of fused-ring (bicyclic) bond motifs is 1. The SMILES string of the molecule is Cc1ccc(C(=O)NCC(=O)OCC(=O)Nc2sc3c(c2C(N)=O)CCCC3)cc1. The highest BCUT2D eigenvalue weighted by Crippen LogP contribution is 2.37. The Kier molecular flexibility index (Phi) is 6.83. The van der Waals surface area contributed by atoms with E-state index in [1.165, 1.54) is 11.3 Å². The number of hydrogen-bond donors (Lipinski definition) is 3. The van der Waals surface area contributed by atoms with E-state index in [1.807, 2.05) is 6.92 Å². The molecule has 0 atom stereocenters. The van der Waals surface area contributed by atoms with Gasteiger partial charge in [0.15, 0.2) is 6.61 Å². The highest BCUT2D eigenvalue weighted by Gasteiger charge is 2.25. The van der Waals surface area contributed by atoms with E-state index in [1.54, 1.807) is 24.3 Å². The smallest absolute Gasteiger partial charge is 0.325 e. The van der Waals surface area contributed by atoms with Crippen LogP contribution in [0.15, 0.2) is 24.3 Å². The lowest BCUT2D eigenvalue weighted by molar-refractivity contribution is -0.146. The minimum atomic E-state index is -0.744. The van der Waals surface area contributed by atoms with Crippen molar-refractivity contribution >= 4 is 40.0 Å². The van der Waals surface area contributed by atoms with E-state index >= 15 is 0 Å². The maximum atomic E-state index is 12.2. The molecule has 0 saturated heterocycles. The number of amides is 3. The van der Waals surface area contributed by atoms with Gasteiger partial charge in [-0.1, -0.05) is 17.7 Å². The Morgan fingerprint density at radius 1 is 1.10 bits per heavy atom. The Morgan fingerprint density at radius 2 is 1.80 bits per heavy atom. The number of nitrogens with one attached hydrogen (secondary N) is 2. The molecule has 2 aromatic rings. The highest BCUT2D eigenvalue weighted by atomic mass is 32.1. The first kappa shape index (κ1) is 21.5. The van der Waals surface area contributed by atoms with Gasteiger partial charge in [-0.25, -0.2) is 0 Å². The van der Waals surface area contributed by atoms with Gasteiger partial charge in [0.25, 0.3) is 17.7 Å². The third-order valence-electron chi connectivity index (χ3n) is 4.74. The van der Waals surface area contributed by atoms with Gasteiger partial charge in [-0.15, -0.1) is 11.3 Å². The number of ether oxygens (including phenoxy) is 1. The van der Waals surface area contributed by atoms with Crippen molar-refractivity contribution in [3.8, 4) is 0 Å². The molecule has 9 heteroatoms. The van der Waals surface area contributed by atoms with Crippen molar-refractivity contribution in [3.05, 3.63) is 51.4 Å². The predicted octanol–water partition coefficient (Wildman–Crippen LogP) is 1.95. The molecule has 158 valence electrons. The van der Waals surface area contributed by atoms with Crippen molar-refractivity contribution in [1.82, 2.24) is 5.32 Å². The minimum Gasteiger partial charge on any atom is -0.454 e. The summed E-state index contributed by atoms with van der Waals surface area (Å²) >= 11 is 1.34. The number of thiophene rings is 1. The molecular formula is C21H23N3O5S. The van der Waals surface area contributed by atoms with Gasteiger partial charge in [0.1, 0.15) is 11.5 Å². The molecule has 1 aromatic carbocycles. The van der Waals surface area contributed by atoms with Crippen LogP contribution >= 0.6 is 11.3 Å². The fraction of sp³-hybridized carbons (Fsp3) is 0.333. The van der Waals surface area contributed by atoms with E-state index in [0.717, 1.165) is 41.7 Å². The Labute approximate surface area is 177 Å². The number of nitrogens with two attached hydrogens (primary N) is 1. The van der Waals surface area contributed by atoms with Crippen molar-refractivity contribution in [2.75, 3.05) is 18.5 Å². The summed E-state index contributed by atoms with van der Waals surface area (Å²) in [6.07, 6.45) is 3.62. The monoisotopic (exact) mass is 429 g/mol. The van der Waals surface area contributed by atoms with Gasteiger partial charge in [0.2, 0.25) is 0 Å². The average Bonchev–Trinajstić information content (AvgIpc) is 3.08. The zero-order valence-corrected chi connectivity index (χ0v) is 17.4. The third kappa shape index (κ3) is 5.24. The Balaban J connectivity index is 1.49. The van der Waals surface area contributed by atoms with Gasteiger partial charge < -0.3 is 21.1 Å². The molecule has 1 heterocycles. The van der Waals surface area contributed by atoms with Crippen LogP contribution in [0.2, 0.25) is 0 Å². The minimum absolute atomic E-state index is 0.347. The quantitative estimate of drug-likeness (QED) is 0.580. The second-order valence-electron chi connectivity index (χ2n) is 7.04. The van der Waals surface area contributed by atoms with Crippen LogP contribution in [0.1, 0.15) is 49.6 Å². The number of hydrogen-bond acceptors (Lipinski definition) is 6. The second kappa shape index (κ2) is 9.53. The summed E-state index contributed by atoms with van der Waals surface area (Å²) in [5, 5.41) is 5.45. The number of carbonyl (C=O) groups excluding carboxylic acids is 4. The van der Waals surface area contributed by atoms with Crippen LogP contribution in [0.4, 0.5) is 5.00 Å². The van der Waals surface area contributed by atoms with E-state index in [4.69, 9.17) is 10.5 Å². The summed E-state index contributed by atoms with van der Waals surface area (Å²) in [7, 11) is 0. The largest absolute Gasteiger partial charge is 0.454 e. The first-order valence-corrected chi connectivity index (χ1v) is 10.4. The fourth-order valence-corrected chi connectivity index (χ4v) is 4.54. The number of carbonyl (C=O) groups is 4. The molecule has 30 heavy (non-hydrogen) atoms. The lowest BCUT2D eigenvalue weighted by Gasteiger charge is -2.11. The number of anilines is 1. The van der Waals surface area contributed by atoms with Crippen LogP contribution in [0.3, 0.4) is 0 Å². The zero-order chi connectivity index (χ0) is 21.7. The summed E-state index contributed by atoms with van der Waals surface area (Å²) < 4.78 is 4.91. The molecule has 3 amide bonds. The Morgan fingerprint density at radius 3 is 2.50 bits per heavy atom. The zero-order valence-electron chi connectivity index (χ0n) is 16.6. The van der Waals surface area contributed by atoms with Crippen LogP contribution < -0.4 is 16.4 Å². The lowest BCUT2D eigenvalue weighted by atomic mass is 9.95. The molecule has 0 aliphatic heterocycles. The molecule has 0 bridgehead atoms. The van der Waals surface area contributed by atoms with Gasteiger partial charge in [-0.2, -0.15) is 0 Å². The average molecular weight is 429 g/mol. The van der Waals surface area contributed by atoms with E-state index in [9.17, 15) is 19.2 Å². The van der Waals surface area contributed by atoms with Gasteiger partial charge in [0.05, 0.1) is 5.56 Å². The van der Waals surface area contributed by atoms with Gasteiger partial charge in [-0.3, -0.25) is 19.2 Å². The third-order valence-corrected chi connectivity index (χ3v) is 5.95. The topological polar surface area (TPSA) is 128 Å². The van der Waals surface area contributed by atoms with Crippen LogP contribution in [-0.2, 0) is 27.2 Å². The molecule has 4 N–H and O–H groups in total. The van der Waals surface area contributed by atoms with E-state index in [2.05, 4.69) is 10.6 Å². The molecular weight excluding hydrogens is 406 g/mol. The normalized spacial score (nSPS) is 12.6. The number of rotatable bonds is 7. The molecule has 0 saturated carbocycles.